The van der Waals surface area contributed by atoms with E-state index in [1.807, 2.05) is 24.3 Å². The van der Waals surface area contributed by atoms with Gasteiger partial charge in [0.15, 0.2) is 0 Å². The minimum Gasteiger partial charge on any atom is -0.492 e. The van der Waals surface area contributed by atoms with Crippen molar-refractivity contribution < 1.29 is 4.74 Å². The van der Waals surface area contributed by atoms with E-state index in [4.69, 9.17) is 4.74 Å². The molecule has 1 heterocycles. The predicted molar refractivity (Wildman–Crippen MR) is 82.8 cm³/mol. The molecule has 1 aliphatic heterocycles. The summed E-state index contributed by atoms with van der Waals surface area (Å²) >= 11 is 3.43. The second kappa shape index (κ2) is 7.88. The molecule has 1 aromatic rings. The molecular formula is C15H23BrN2O. The number of rotatable bonds is 6. The van der Waals surface area contributed by atoms with Gasteiger partial charge in [0.2, 0.25) is 0 Å². The van der Waals surface area contributed by atoms with Gasteiger partial charge in [0.25, 0.3) is 0 Å². The van der Waals surface area contributed by atoms with Gasteiger partial charge in [0.05, 0.1) is 0 Å². The van der Waals surface area contributed by atoms with Crippen LogP contribution in [0.25, 0.3) is 0 Å². The molecule has 106 valence electrons. The quantitative estimate of drug-likeness (QED) is 0.869. The Labute approximate surface area is 124 Å². The Morgan fingerprint density at radius 2 is 2.16 bits per heavy atom. The van der Waals surface area contributed by atoms with Crippen molar-refractivity contribution in [1.29, 1.82) is 0 Å². The Hall–Kier alpha value is -0.580. The molecule has 1 fully saturated rings. The summed E-state index contributed by atoms with van der Waals surface area (Å²) in [7, 11) is 0. The van der Waals surface area contributed by atoms with E-state index in [-0.39, 0.29) is 0 Å². The first-order valence-electron chi connectivity index (χ1n) is 7.12. The minimum atomic E-state index is 0.659. The molecule has 19 heavy (non-hydrogen) atoms. The molecule has 2 rings (SSSR count). The minimum absolute atomic E-state index is 0.659. The number of halogens is 1. The Morgan fingerprint density at radius 1 is 1.37 bits per heavy atom. The first kappa shape index (κ1) is 14.8. The third-order valence-corrected chi connectivity index (χ3v) is 4.00. The van der Waals surface area contributed by atoms with Gasteiger partial charge in [0, 0.05) is 36.7 Å². The van der Waals surface area contributed by atoms with Crippen LogP contribution in [0.3, 0.4) is 0 Å². The number of piperazine rings is 1. The molecule has 0 amide bonds. The van der Waals surface area contributed by atoms with E-state index in [1.165, 1.54) is 12.8 Å². The molecule has 0 radical (unpaired) electrons. The smallest absolute Gasteiger partial charge is 0.119 e. The number of nitrogens with zero attached hydrogens (tertiary/aromatic N) is 1. The normalized spacial score (nSPS) is 20.4. The van der Waals surface area contributed by atoms with Gasteiger partial charge in [-0.25, -0.2) is 0 Å². The van der Waals surface area contributed by atoms with E-state index in [0.717, 1.165) is 43.0 Å². The maximum Gasteiger partial charge on any atom is 0.119 e. The second-order valence-corrected chi connectivity index (χ2v) is 5.96. The Bertz CT molecular complexity index is 367. The van der Waals surface area contributed by atoms with Gasteiger partial charge in [-0.1, -0.05) is 29.3 Å². The number of benzene rings is 1. The Balaban J connectivity index is 1.69. The van der Waals surface area contributed by atoms with Crippen LogP contribution >= 0.6 is 15.9 Å². The van der Waals surface area contributed by atoms with Crippen molar-refractivity contribution in [1.82, 2.24) is 10.2 Å². The van der Waals surface area contributed by atoms with Crippen molar-refractivity contribution in [3.05, 3.63) is 28.7 Å². The van der Waals surface area contributed by atoms with Crippen LogP contribution in [0, 0.1) is 0 Å². The van der Waals surface area contributed by atoms with Crippen LogP contribution in [0.15, 0.2) is 28.7 Å². The zero-order valence-corrected chi connectivity index (χ0v) is 13.2. The van der Waals surface area contributed by atoms with Crippen LogP contribution in [0.1, 0.15) is 19.8 Å². The topological polar surface area (TPSA) is 24.5 Å². The van der Waals surface area contributed by atoms with Gasteiger partial charge in [-0.05, 0) is 30.7 Å². The van der Waals surface area contributed by atoms with Gasteiger partial charge < -0.3 is 10.1 Å². The van der Waals surface area contributed by atoms with Crippen molar-refractivity contribution in [3.63, 3.8) is 0 Å². The monoisotopic (exact) mass is 326 g/mol. The highest BCUT2D eigenvalue weighted by atomic mass is 79.9. The van der Waals surface area contributed by atoms with Crippen LogP contribution in [0.2, 0.25) is 0 Å². The maximum absolute atomic E-state index is 5.78. The average Bonchev–Trinajstić information content (AvgIpc) is 2.42. The molecule has 0 bridgehead atoms. The molecule has 0 aliphatic carbocycles. The maximum atomic E-state index is 5.78. The predicted octanol–water partition coefficient (Wildman–Crippen LogP) is 2.90. The number of nitrogens with one attached hydrogen (secondary N) is 1. The van der Waals surface area contributed by atoms with Crippen molar-refractivity contribution in [3.8, 4) is 5.75 Å². The summed E-state index contributed by atoms with van der Waals surface area (Å²) in [6.45, 7) is 7.40. The summed E-state index contributed by atoms with van der Waals surface area (Å²) in [5.41, 5.74) is 0. The lowest BCUT2D eigenvalue weighted by Crippen LogP contribution is -2.51. The SMILES string of the molecule is CCCC1CN(CCOc2ccc(Br)cc2)CCN1. The first-order chi connectivity index (χ1) is 9.28. The van der Waals surface area contributed by atoms with Crippen molar-refractivity contribution in [2.24, 2.45) is 0 Å². The van der Waals surface area contributed by atoms with Crippen molar-refractivity contribution >= 4 is 15.9 Å². The molecule has 1 saturated heterocycles. The van der Waals surface area contributed by atoms with E-state index in [2.05, 4.69) is 33.1 Å². The summed E-state index contributed by atoms with van der Waals surface area (Å²) in [5, 5.41) is 3.58. The highest BCUT2D eigenvalue weighted by molar-refractivity contribution is 9.10. The van der Waals surface area contributed by atoms with E-state index in [0.29, 0.717) is 6.04 Å². The summed E-state index contributed by atoms with van der Waals surface area (Å²) in [4.78, 5) is 2.50. The van der Waals surface area contributed by atoms with E-state index in [9.17, 15) is 0 Å². The fourth-order valence-electron chi connectivity index (χ4n) is 2.46. The molecule has 0 aromatic heterocycles. The zero-order chi connectivity index (χ0) is 13.5. The van der Waals surface area contributed by atoms with E-state index in [1.54, 1.807) is 0 Å². The molecular weight excluding hydrogens is 304 g/mol. The Morgan fingerprint density at radius 3 is 2.89 bits per heavy atom. The van der Waals surface area contributed by atoms with Crippen molar-refractivity contribution in [2.75, 3.05) is 32.8 Å². The zero-order valence-electron chi connectivity index (χ0n) is 11.6. The van der Waals surface area contributed by atoms with Gasteiger partial charge in [-0.2, -0.15) is 0 Å². The molecule has 1 aliphatic rings. The van der Waals surface area contributed by atoms with E-state index < -0.39 is 0 Å². The van der Waals surface area contributed by atoms with Crippen LogP contribution in [-0.2, 0) is 0 Å². The fourth-order valence-corrected chi connectivity index (χ4v) is 2.73. The average molecular weight is 327 g/mol. The third kappa shape index (κ3) is 5.13. The fraction of sp³-hybridized carbons (Fsp3) is 0.600. The van der Waals surface area contributed by atoms with Crippen LogP contribution in [0.4, 0.5) is 0 Å². The summed E-state index contributed by atoms with van der Waals surface area (Å²) in [6.07, 6.45) is 2.52. The molecule has 3 nitrogen and oxygen atoms in total. The van der Waals surface area contributed by atoms with Gasteiger partial charge in [-0.15, -0.1) is 0 Å². The number of ether oxygens (including phenoxy) is 1. The Kier molecular flexibility index (Phi) is 6.14. The highest BCUT2D eigenvalue weighted by Gasteiger charge is 2.17. The number of hydrogen-bond acceptors (Lipinski definition) is 3. The number of hydrogen-bond donors (Lipinski definition) is 1. The lowest BCUT2D eigenvalue weighted by atomic mass is 10.1. The summed E-state index contributed by atoms with van der Waals surface area (Å²) < 4.78 is 6.86. The van der Waals surface area contributed by atoms with Crippen LogP contribution in [-0.4, -0.2) is 43.7 Å². The first-order valence-corrected chi connectivity index (χ1v) is 7.91. The molecule has 1 N–H and O–H groups in total. The largest absolute Gasteiger partial charge is 0.492 e. The van der Waals surface area contributed by atoms with Crippen molar-refractivity contribution in [2.45, 2.75) is 25.8 Å². The lowest BCUT2D eigenvalue weighted by molar-refractivity contribution is 0.162. The van der Waals surface area contributed by atoms with Gasteiger partial charge in [0.1, 0.15) is 12.4 Å². The highest BCUT2D eigenvalue weighted by Crippen LogP contribution is 2.16. The van der Waals surface area contributed by atoms with Gasteiger partial charge >= 0.3 is 0 Å². The molecule has 1 unspecified atom stereocenters. The molecule has 1 atom stereocenters. The van der Waals surface area contributed by atoms with E-state index >= 15 is 0 Å². The molecule has 4 heteroatoms. The molecule has 1 aromatic carbocycles. The second-order valence-electron chi connectivity index (χ2n) is 5.04. The van der Waals surface area contributed by atoms with Crippen LogP contribution < -0.4 is 10.1 Å². The van der Waals surface area contributed by atoms with Crippen LogP contribution in [0.5, 0.6) is 5.75 Å². The lowest BCUT2D eigenvalue weighted by Gasteiger charge is -2.33. The molecule has 0 saturated carbocycles. The van der Waals surface area contributed by atoms with Gasteiger partial charge in [-0.3, -0.25) is 4.90 Å². The standard InChI is InChI=1S/C15H23BrN2O/c1-2-3-14-12-18(9-8-17-14)10-11-19-15-6-4-13(16)5-7-15/h4-7,14,17H,2-3,8-12H2,1H3. The third-order valence-electron chi connectivity index (χ3n) is 3.47. The molecule has 0 spiro atoms. The summed E-state index contributed by atoms with van der Waals surface area (Å²) in [5.74, 6) is 0.948. The summed E-state index contributed by atoms with van der Waals surface area (Å²) in [6, 6.07) is 8.68.